The van der Waals surface area contributed by atoms with Gasteiger partial charge < -0.3 is 41.7 Å². The van der Waals surface area contributed by atoms with Gasteiger partial charge in [0.25, 0.3) is 11.4 Å². The lowest BCUT2D eigenvalue weighted by Gasteiger charge is -2.19. The van der Waals surface area contributed by atoms with Crippen molar-refractivity contribution in [3.8, 4) is 0 Å². The summed E-state index contributed by atoms with van der Waals surface area (Å²) in [6, 6.07) is 13.5. The third-order valence-electron chi connectivity index (χ3n) is 9.86. The van der Waals surface area contributed by atoms with E-state index in [0.29, 0.717) is 31.5 Å². The molecule has 376 valence electrons. The van der Waals surface area contributed by atoms with Gasteiger partial charge in [0, 0.05) is 50.5 Å². The van der Waals surface area contributed by atoms with E-state index >= 15 is 0 Å². The number of benzene rings is 2. The minimum absolute atomic E-state index is 0.0671. The van der Waals surface area contributed by atoms with Crippen LogP contribution < -0.4 is 31.9 Å². The van der Waals surface area contributed by atoms with Crippen molar-refractivity contribution in [3.63, 3.8) is 0 Å². The normalized spacial score (nSPS) is 11.3. The highest BCUT2D eigenvalue weighted by atomic mass is 35.5. The molecule has 0 bridgehead atoms. The van der Waals surface area contributed by atoms with E-state index < -0.39 is 57.8 Å². The number of hydrogen-bond donors (Lipinski definition) is 7. The molecule has 4 rings (SSSR count). The number of carbonyl (C=O) groups excluding carboxylic acids is 5. The second kappa shape index (κ2) is 30.1. The number of amides is 4. The molecule has 0 aliphatic carbocycles. The van der Waals surface area contributed by atoms with Crippen molar-refractivity contribution in [3.05, 3.63) is 126 Å². The quantitative estimate of drug-likeness (QED) is 0.0146. The Labute approximate surface area is 413 Å². The van der Waals surface area contributed by atoms with Gasteiger partial charge in [-0.3, -0.25) is 49.0 Å². The summed E-state index contributed by atoms with van der Waals surface area (Å²) in [5.41, 5.74) is 1.98. The van der Waals surface area contributed by atoms with E-state index in [1.165, 1.54) is 30.3 Å². The molecule has 0 saturated carbocycles. The van der Waals surface area contributed by atoms with Gasteiger partial charge in [-0.1, -0.05) is 35.3 Å². The molecule has 22 nitrogen and oxygen atoms in total. The molecule has 4 amide bonds. The molecule has 2 aromatic heterocycles. The lowest BCUT2D eigenvalue weighted by molar-refractivity contribution is -0.384. The second-order valence-corrected chi connectivity index (χ2v) is 16.4. The van der Waals surface area contributed by atoms with Crippen molar-refractivity contribution in [1.82, 2.24) is 31.2 Å². The molecule has 0 aliphatic heterocycles. The first-order chi connectivity index (χ1) is 33.3. The summed E-state index contributed by atoms with van der Waals surface area (Å²) in [4.78, 5) is 101. The summed E-state index contributed by atoms with van der Waals surface area (Å²) in [5.74, 6) is -2.03. The number of ether oxygens (including phenoxy) is 1. The van der Waals surface area contributed by atoms with Crippen LogP contribution in [0.15, 0.2) is 73.1 Å². The number of aromatic nitrogens is 2. The first-order valence-corrected chi connectivity index (χ1v) is 22.8. The van der Waals surface area contributed by atoms with E-state index in [2.05, 4.69) is 41.9 Å². The number of carboxylic acid groups (broad SMARTS) is 1. The number of pyridine rings is 2. The number of rotatable bonds is 27. The van der Waals surface area contributed by atoms with E-state index in [1.54, 1.807) is 19.3 Å². The zero-order chi connectivity index (χ0) is 51.6. The van der Waals surface area contributed by atoms with Crippen molar-refractivity contribution < 1.29 is 48.5 Å². The first kappa shape index (κ1) is 56.9. The number of halogens is 2. The van der Waals surface area contributed by atoms with Crippen LogP contribution in [0.3, 0.4) is 0 Å². The van der Waals surface area contributed by atoms with Crippen LogP contribution in [0.25, 0.3) is 0 Å². The molecule has 0 radical (unpaired) electrons. The molecule has 0 fully saturated rings. The zero-order valence-corrected chi connectivity index (χ0v) is 40.3. The van der Waals surface area contributed by atoms with Gasteiger partial charge >= 0.3 is 11.9 Å². The SMILES string of the molecule is CCOC(=O)CC(NC(=O)CNC(=O)CCCCNc1cc(C)ccn1)c1ccc(Cl)c([N+](=O)[O-])c1.Cc1ccnc(NCCCCC(=O)NCC(=O)NC(CC(=O)O)c2ccc(Cl)c([N+](=O)[O-])c2)c1. The Morgan fingerprint density at radius 3 is 1.46 bits per heavy atom. The van der Waals surface area contributed by atoms with Gasteiger partial charge in [-0.05, 0) is 105 Å². The van der Waals surface area contributed by atoms with Crippen LogP contribution in [-0.4, -0.2) is 93.3 Å². The van der Waals surface area contributed by atoms with E-state index in [4.69, 9.17) is 33.0 Å². The molecule has 0 saturated heterocycles. The topological polar surface area (TPSA) is 316 Å². The monoisotopic (exact) mass is 1010 g/mol. The Bertz CT molecular complexity index is 2460. The summed E-state index contributed by atoms with van der Waals surface area (Å²) in [6.07, 6.45) is 5.85. The molecule has 0 aliphatic rings. The highest BCUT2D eigenvalue weighted by molar-refractivity contribution is 6.33. The molecule has 70 heavy (non-hydrogen) atoms. The summed E-state index contributed by atoms with van der Waals surface area (Å²) in [5, 5.41) is 47.8. The van der Waals surface area contributed by atoms with Crippen LogP contribution in [0.1, 0.15) is 92.6 Å². The summed E-state index contributed by atoms with van der Waals surface area (Å²) < 4.78 is 4.94. The van der Waals surface area contributed by atoms with Gasteiger partial charge in [-0.2, -0.15) is 0 Å². The number of nitrogens with zero attached hydrogens (tertiary/aromatic N) is 4. The molecule has 24 heteroatoms. The number of nitro benzene ring substituents is 2. The lowest BCUT2D eigenvalue weighted by Crippen LogP contribution is -2.39. The van der Waals surface area contributed by atoms with E-state index in [0.717, 1.165) is 41.7 Å². The largest absolute Gasteiger partial charge is 0.481 e. The molecular formula is C46H56Cl2N10O12. The van der Waals surface area contributed by atoms with Crippen molar-refractivity contribution >= 4 is 81.8 Å². The first-order valence-electron chi connectivity index (χ1n) is 22.0. The summed E-state index contributed by atoms with van der Waals surface area (Å²) in [6.45, 7) is 6.38. The maximum Gasteiger partial charge on any atom is 0.308 e. The Kier molecular flexibility index (Phi) is 24.5. The standard InChI is InChI=1S/C24H30ClN5O6.C22H26ClN5O6/c1-3-36-24(33)14-19(17-7-8-18(25)20(13-17)30(34)35)29-23(32)15-28-22(31)6-4-5-10-26-21-12-16(2)9-11-27-21;1-14-7-9-25-19(10-14)24-8-3-2-4-20(29)26-13-21(30)27-17(12-22(31)32)15-5-6-16(23)18(11-15)28(33)34/h7-9,11-13,19H,3-6,10,14-15H2,1-2H3,(H,26,27)(H,28,31)(H,29,32);5-7,9-11,17H,2-4,8,12-13H2,1H3,(H,24,25)(H,26,29)(H,27,30)(H,31,32). The second-order valence-electron chi connectivity index (χ2n) is 15.5. The molecule has 2 heterocycles. The third-order valence-corrected chi connectivity index (χ3v) is 10.5. The molecule has 2 aromatic carbocycles. The van der Waals surface area contributed by atoms with E-state index in [-0.39, 0.29) is 72.1 Å². The Morgan fingerprint density at radius 2 is 1.07 bits per heavy atom. The fourth-order valence-electron chi connectivity index (χ4n) is 6.38. The van der Waals surface area contributed by atoms with Gasteiger partial charge in [-0.25, -0.2) is 9.97 Å². The van der Waals surface area contributed by atoms with Crippen molar-refractivity contribution in [2.24, 2.45) is 0 Å². The van der Waals surface area contributed by atoms with Crippen LogP contribution >= 0.6 is 23.2 Å². The maximum atomic E-state index is 12.5. The Balaban J connectivity index is 0.000000371. The average Bonchev–Trinajstić information content (AvgIpc) is 3.30. The van der Waals surface area contributed by atoms with Crippen LogP contribution in [0, 0.1) is 34.1 Å². The molecule has 4 aromatic rings. The lowest BCUT2D eigenvalue weighted by atomic mass is 10.0. The van der Waals surface area contributed by atoms with Crippen LogP contribution in [0.2, 0.25) is 10.0 Å². The number of aryl methyl sites for hydroxylation is 2. The van der Waals surface area contributed by atoms with E-state index in [9.17, 15) is 49.0 Å². The molecule has 2 unspecified atom stereocenters. The van der Waals surface area contributed by atoms with Crippen molar-refractivity contribution in [2.45, 2.75) is 84.2 Å². The third kappa shape index (κ3) is 21.7. The number of unbranched alkanes of at least 4 members (excludes halogenated alkanes) is 2. The Hall–Kier alpha value is -7.46. The summed E-state index contributed by atoms with van der Waals surface area (Å²) in [7, 11) is 0. The number of nitro groups is 2. The van der Waals surface area contributed by atoms with Gasteiger partial charge in [0.05, 0.1) is 54.5 Å². The molecular weight excluding hydrogens is 955 g/mol. The van der Waals surface area contributed by atoms with Gasteiger partial charge in [0.2, 0.25) is 23.6 Å². The van der Waals surface area contributed by atoms with Crippen LogP contribution in [-0.2, 0) is 33.5 Å². The molecule has 2 atom stereocenters. The van der Waals surface area contributed by atoms with Gasteiger partial charge in [0.15, 0.2) is 0 Å². The fraction of sp³-hybridized carbons (Fsp3) is 0.391. The zero-order valence-electron chi connectivity index (χ0n) is 38.8. The number of anilines is 2. The van der Waals surface area contributed by atoms with E-state index in [1.807, 2.05) is 38.1 Å². The highest BCUT2D eigenvalue weighted by Crippen LogP contribution is 2.30. The minimum atomic E-state index is -1.21. The number of nitrogens with one attached hydrogen (secondary N) is 6. The average molecular weight is 1010 g/mol. The molecule has 0 spiro atoms. The maximum absolute atomic E-state index is 12.5. The van der Waals surface area contributed by atoms with Crippen molar-refractivity contribution in [1.29, 1.82) is 0 Å². The molecule has 7 N–H and O–H groups in total. The number of carbonyl (C=O) groups is 6. The summed E-state index contributed by atoms with van der Waals surface area (Å²) >= 11 is 11.7. The number of esters is 1. The Morgan fingerprint density at radius 1 is 0.643 bits per heavy atom. The highest BCUT2D eigenvalue weighted by Gasteiger charge is 2.24. The predicted octanol–water partition coefficient (Wildman–Crippen LogP) is 6.44. The smallest absolute Gasteiger partial charge is 0.308 e. The van der Waals surface area contributed by atoms with Gasteiger partial charge in [-0.15, -0.1) is 0 Å². The van der Waals surface area contributed by atoms with Crippen molar-refractivity contribution in [2.75, 3.05) is 43.4 Å². The van der Waals surface area contributed by atoms with Crippen LogP contribution in [0.5, 0.6) is 0 Å². The predicted molar refractivity (Wildman–Crippen MR) is 260 cm³/mol. The minimum Gasteiger partial charge on any atom is -0.481 e. The van der Waals surface area contributed by atoms with Gasteiger partial charge in [0.1, 0.15) is 21.7 Å². The fourth-order valence-corrected chi connectivity index (χ4v) is 6.76. The van der Waals surface area contributed by atoms with Crippen LogP contribution in [0.4, 0.5) is 23.0 Å². The number of carboxylic acids is 1. The number of hydrogen-bond acceptors (Lipinski definition) is 15. The number of aliphatic carboxylic acids is 1.